The number of anilines is 1. The Hall–Kier alpha value is -4.29. The minimum absolute atomic E-state index is 0.0648. The summed E-state index contributed by atoms with van der Waals surface area (Å²) < 4.78 is 110. The van der Waals surface area contributed by atoms with Crippen LogP contribution in [0.4, 0.5) is 36.4 Å². The van der Waals surface area contributed by atoms with Crippen LogP contribution in [0.2, 0.25) is 0 Å². The standard InChI is InChI=1S/C23H14F7NO5/c1-34-21(32)12-5-3-4-6-31(19(12)22(33)35-2)17-10-18(14(25)9-13(17)24)36-20-15(26)7-11(8-16(20)27)23(28,29)30/h3-10H,1-2H3. The fourth-order valence-electron chi connectivity index (χ4n) is 3.06. The minimum atomic E-state index is -5.07. The number of esters is 2. The van der Waals surface area contributed by atoms with Crippen LogP contribution in [0.25, 0.3) is 0 Å². The topological polar surface area (TPSA) is 65.1 Å². The number of carbonyl (C=O) groups excluding carboxylic acids is 2. The van der Waals surface area contributed by atoms with Gasteiger partial charge in [-0.3, -0.25) is 0 Å². The van der Waals surface area contributed by atoms with E-state index in [-0.39, 0.29) is 23.8 Å². The molecule has 0 atom stereocenters. The van der Waals surface area contributed by atoms with Crippen LogP contribution in [-0.4, -0.2) is 26.2 Å². The van der Waals surface area contributed by atoms with Gasteiger partial charge in [0.1, 0.15) is 11.5 Å². The molecule has 0 fully saturated rings. The monoisotopic (exact) mass is 517 g/mol. The van der Waals surface area contributed by atoms with Crippen LogP contribution < -0.4 is 9.64 Å². The summed E-state index contributed by atoms with van der Waals surface area (Å²) in [5, 5.41) is 0. The number of rotatable bonds is 5. The molecule has 2 aromatic carbocycles. The summed E-state index contributed by atoms with van der Waals surface area (Å²) in [6.45, 7) is 0. The number of methoxy groups -OCH3 is 2. The molecule has 3 rings (SSSR count). The molecule has 0 N–H and O–H groups in total. The van der Waals surface area contributed by atoms with Gasteiger partial charge >= 0.3 is 18.1 Å². The van der Waals surface area contributed by atoms with Gasteiger partial charge in [-0.15, -0.1) is 0 Å². The quantitative estimate of drug-likeness (QED) is 0.383. The van der Waals surface area contributed by atoms with Crippen molar-refractivity contribution in [3.05, 3.63) is 88.8 Å². The Morgan fingerprint density at radius 2 is 1.42 bits per heavy atom. The summed E-state index contributed by atoms with van der Waals surface area (Å²) in [7, 11) is 1.98. The van der Waals surface area contributed by atoms with E-state index in [1.807, 2.05) is 0 Å². The molecular formula is C23H14F7NO5. The Morgan fingerprint density at radius 3 is 1.97 bits per heavy atom. The zero-order chi connectivity index (χ0) is 26.8. The molecule has 0 aromatic heterocycles. The number of carbonyl (C=O) groups is 2. The van der Waals surface area contributed by atoms with Crippen LogP contribution in [-0.2, 0) is 25.2 Å². The maximum absolute atomic E-state index is 14.8. The minimum Gasteiger partial charge on any atom is -0.465 e. The molecule has 1 aliphatic rings. The Bertz CT molecular complexity index is 1290. The summed E-state index contributed by atoms with van der Waals surface area (Å²) in [6.07, 6.45) is -0.285. The number of ether oxygens (including phenoxy) is 3. The van der Waals surface area contributed by atoms with E-state index in [1.54, 1.807) is 0 Å². The SMILES string of the molecule is COC(=O)C1=C(C(=O)OC)N(c2cc(Oc3c(F)cc(C(F)(F)F)cc3F)c(F)cc2F)C=CC=C1. The average molecular weight is 517 g/mol. The summed E-state index contributed by atoms with van der Waals surface area (Å²) in [5.41, 5.74) is -3.27. The van der Waals surface area contributed by atoms with Crippen LogP contribution >= 0.6 is 0 Å². The first-order valence-corrected chi connectivity index (χ1v) is 9.67. The van der Waals surface area contributed by atoms with Crippen LogP contribution in [0.15, 0.2) is 60.0 Å². The van der Waals surface area contributed by atoms with Gasteiger partial charge < -0.3 is 19.1 Å². The number of alkyl halides is 3. The van der Waals surface area contributed by atoms with Gasteiger partial charge in [0.25, 0.3) is 0 Å². The Morgan fingerprint density at radius 1 is 0.806 bits per heavy atom. The van der Waals surface area contributed by atoms with Crippen molar-refractivity contribution in [1.29, 1.82) is 0 Å². The van der Waals surface area contributed by atoms with E-state index < -0.39 is 69.8 Å². The first kappa shape index (κ1) is 26.3. The van der Waals surface area contributed by atoms with Crippen molar-refractivity contribution in [2.24, 2.45) is 0 Å². The van der Waals surface area contributed by atoms with E-state index in [9.17, 15) is 40.3 Å². The van der Waals surface area contributed by atoms with Crippen molar-refractivity contribution in [3.63, 3.8) is 0 Å². The van der Waals surface area contributed by atoms with E-state index >= 15 is 0 Å². The van der Waals surface area contributed by atoms with Gasteiger partial charge in [-0.1, -0.05) is 6.08 Å². The lowest BCUT2D eigenvalue weighted by Crippen LogP contribution is -2.27. The molecule has 0 spiro atoms. The van der Waals surface area contributed by atoms with Crippen molar-refractivity contribution in [2.75, 3.05) is 19.1 Å². The molecule has 190 valence electrons. The van der Waals surface area contributed by atoms with E-state index in [4.69, 9.17) is 4.74 Å². The Balaban J connectivity index is 2.15. The van der Waals surface area contributed by atoms with E-state index in [1.165, 1.54) is 12.2 Å². The fraction of sp³-hybridized carbons (Fsp3) is 0.130. The highest BCUT2D eigenvalue weighted by Crippen LogP contribution is 2.38. The van der Waals surface area contributed by atoms with Gasteiger partial charge in [0.05, 0.1) is 31.0 Å². The number of benzene rings is 2. The summed E-state index contributed by atoms with van der Waals surface area (Å²) in [5.74, 6) is -11.0. The first-order valence-electron chi connectivity index (χ1n) is 9.67. The second kappa shape index (κ2) is 10.1. The lowest BCUT2D eigenvalue weighted by atomic mass is 10.1. The zero-order valence-electron chi connectivity index (χ0n) is 18.3. The lowest BCUT2D eigenvalue weighted by Gasteiger charge is -2.24. The Kier molecular flexibility index (Phi) is 7.41. The van der Waals surface area contributed by atoms with E-state index in [0.717, 1.165) is 31.4 Å². The molecule has 0 unspecified atom stereocenters. The average Bonchev–Trinajstić information content (AvgIpc) is 3.03. The number of hydrogen-bond acceptors (Lipinski definition) is 6. The van der Waals surface area contributed by atoms with Gasteiger partial charge in [0.2, 0.25) is 0 Å². The smallest absolute Gasteiger partial charge is 0.416 e. The number of allylic oxidation sites excluding steroid dienone is 2. The molecule has 0 saturated heterocycles. The predicted octanol–water partition coefficient (Wildman–Crippen LogP) is 5.54. The highest BCUT2D eigenvalue weighted by Gasteiger charge is 2.34. The molecule has 0 amide bonds. The third-order valence-corrected chi connectivity index (χ3v) is 4.69. The largest absolute Gasteiger partial charge is 0.465 e. The number of nitrogens with zero attached hydrogens (tertiary/aromatic N) is 1. The molecule has 13 heteroatoms. The van der Waals surface area contributed by atoms with E-state index in [2.05, 4.69) is 9.47 Å². The molecule has 0 saturated carbocycles. The van der Waals surface area contributed by atoms with Crippen molar-refractivity contribution in [2.45, 2.75) is 6.18 Å². The molecule has 1 aliphatic heterocycles. The molecule has 1 heterocycles. The van der Waals surface area contributed by atoms with Gasteiger partial charge in [-0.2, -0.15) is 13.2 Å². The van der Waals surface area contributed by atoms with Crippen LogP contribution in [0, 0.1) is 23.3 Å². The number of hydrogen-bond donors (Lipinski definition) is 0. The van der Waals surface area contributed by atoms with Gasteiger partial charge in [-0.05, 0) is 24.3 Å². The highest BCUT2D eigenvalue weighted by molar-refractivity contribution is 6.05. The highest BCUT2D eigenvalue weighted by atomic mass is 19.4. The van der Waals surface area contributed by atoms with Gasteiger partial charge in [-0.25, -0.2) is 27.2 Å². The second-order valence-electron chi connectivity index (χ2n) is 6.92. The third-order valence-electron chi connectivity index (χ3n) is 4.69. The third kappa shape index (κ3) is 5.19. The predicted molar refractivity (Wildman–Crippen MR) is 110 cm³/mol. The molecule has 36 heavy (non-hydrogen) atoms. The van der Waals surface area contributed by atoms with Crippen molar-refractivity contribution in [3.8, 4) is 11.5 Å². The molecule has 6 nitrogen and oxygen atoms in total. The van der Waals surface area contributed by atoms with Crippen LogP contribution in [0.1, 0.15) is 5.56 Å². The maximum Gasteiger partial charge on any atom is 0.416 e. The lowest BCUT2D eigenvalue weighted by molar-refractivity contribution is -0.139. The van der Waals surface area contributed by atoms with Crippen molar-refractivity contribution >= 4 is 17.6 Å². The fourth-order valence-corrected chi connectivity index (χ4v) is 3.06. The molecule has 2 aromatic rings. The van der Waals surface area contributed by atoms with Gasteiger partial charge in [0.15, 0.2) is 29.0 Å². The first-order chi connectivity index (χ1) is 16.9. The normalized spacial score (nSPS) is 13.5. The maximum atomic E-state index is 14.8. The molecule has 0 aliphatic carbocycles. The Labute approximate surface area is 198 Å². The van der Waals surface area contributed by atoms with Crippen LogP contribution in [0.3, 0.4) is 0 Å². The van der Waals surface area contributed by atoms with Crippen LogP contribution in [0.5, 0.6) is 11.5 Å². The summed E-state index contributed by atoms with van der Waals surface area (Å²) >= 11 is 0. The molecular weight excluding hydrogens is 503 g/mol. The second-order valence-corrected chi connectivity index (χ2v) is 6.92. The summed E-state index contributed by atoms with van der Waals surface area (Å²) in [4.78, 5) is 25.4. The summed E-state index contributed by atoms with van der Waals surface area (Å²) in [6, 6.07) is 0.688. The van der Waals surface area contributed by atoms with E-state index in [0.29, 0.717) is 6.07 Å². The van der Waals surface area contributed by atoms with Gasteiger partial charge in [0, 0.05) is 18.3 Å². The zero-order valence-corrected chi connectivity index (χ0v) is 18.3. The van der Waals surface area contributed by atoms with Crippen molar-refractivity contribution in [1.82, 2.24) is 0 Å². The number of halogens is 7. The molecule has 0 bridgehead atoms. The van der Waals surface area contributed by atoms with Crippen molar-refractivity contribution < 1.29 is 54.5 Å². The molecule has 0 radical (unpaired) electrons.